The van der Waals surface area contributed by atoms with Crippen LogP contribution in [0.25, 0.3) is 57.4 Å². The molecular weight excluding hydrogens is 494 g/mol. The van der Waals surface area contributed by atoms with Crippen molar-refractivity contribution in [2.45, 2.75) is 12.8 Å². The molecule has 0 spiro atoms. The van der Waals surface area contributed by atoms with Crippen LogP contribution in [0, 0.1) is 0 Å². The molecule has 0 fully saturated rings. The van der Waals surface area contributed by atoms with E-state index in [0.717, 1.165) is 39.6 Å². The first-order valence-electron chi connectivity index (χ1n) is 11.7. The molecule has 5 aromatic rings. The highest BCUT2D eigenvalue weighted by molar-refractivity contribution is 9.10. The third-order valence-corrected chi connectivity index (χ3v) is 6.88. The average Bonchev–Trinajstić information content (AvgIpc) is 2.93. The molecule has 0 aliphatic heterocycles. The second-order valence-electron chi connectivity index (χ2n) is 8.56. The first-order chi connectivity index (χ1) is 17.2. The van der Waals surface area contributed by atoms with Gasteiger partial charge in [0.25, 0.3) is 0 Å². The van der Waals surface area contributed by atoms with Crippen LogP contribution >= 0.6 is 15.9 Å². The molecule has 0 saturated heterocycles. The molecule has 0 unspecified atom stereocenters. The number of hydrogen-bond donors (Lipinski definition) is 0. The van der Waals surface area contributed by atoms with E-state index in [-0.39, 0.29) is 0 Å². The van der Waals surface area contributed by atoms with Crippen molar-refractivity contribution in [3.05, 3.63) is 112 Å². The maximum atomic E-state index is 4.84. The molecular formula is C31H22BrN3. The van der Waals surface area contributed by atoms with E-state index in [4.69, 9.17) is 15.0 Å². The van der Waals surface area contributed by atoms with E-state index < -0.39 is 0 Å². The van der Waals surface area contributed by atoms with Crippen molar-refractivity contribution in [2.75, 3.05) is 0 Å². The van der Waals surface area contributed by atoms with Crippen LogP contribution in [-0.4, -0.2) is 15.0 Å². The van der Waals surface area contributed by atoms with Crippen LogP contribution < -0.4 is 10.4 Å². The lowest BCUT2D eigenvalue weighted by Gasteiger charge is -2.10. The van der Waals surface area contributed by atoms with E-state index in [1.54, 1.807) is 0 Å². The van der Waals surface area contributed by atoms with E-state index >= 15 is 0 Å². The minimum atomic E-state index is 0.664. The number of fused-ring (bicyclic) bond motifs is 1. The number of halogens is 1. The van der Waals surface area contributed by atoms with Crippen molar-refractivity contribution in [1.82, 2.24) is 15.0 Å². The Balaban J connectivity index is 1.43. The van der Waals surface area contributed by atoms with Crippen LogP contribution in [-0.2, 0) is 0 Å². The van der Waals surface area contributed by atoms with Crippen LogP contribution in [0.4, 0.5) is 0 Å². The fourth-order valence-electron chi connectivity index (χ4n) is 4.39. The minimum absolute atomic E-state index is 0.664. The highest BCUT2D eigenvalue weighted by Gasteiger charge is 2.13. The lowest BCUT2D eigenvalue weighted by molar-refractivity contribution is 1.07. The molecule has 1 aliphatic rings. The smallest absolute Gasteiger partial charge is 0.164 e. The predicted molar refractivity (Wildman–Crippen MR) is 147 cm³/mol. The van der Waals surface area contributed by atoms with Crippen LogP contribution in [0.15, 0.2) is 102 Å². The van der Waals surface area contributed by atoms with Gasteiger partial charge in [-0.15, -0.1) is 0 Å². The molecule has 3 nitrogen and oxygen atoms in total. The first kappa shape index (κ1) is 21.6. The van der Waals surface area contributed by atoms with Gasteiger partial charge in [0.05, 0.1) is 0 Å². The summed E-state index contributed by atoms with van der Waals surface area (Å²) in [5.41, 5.74) is 5.24. The summed E-state index contributed by atoms with van der Waals surface area (Å²) in [6.07, 6.45) is 6.83. The Labute approximate surface area is 212 Å². The second-order valence-corrected chi connectivity index (χ2v) is 9.42. The van der Waals surface area contributed by atoms with E-state index in [2.05, 4.69) is 64.5 Å². The van der Waals surface area contributed by atoms with Gasteiger partial charge in [0.2, 0.25) is 0 Å². The summed E-state index contributed by atoms with van der Waals surface area (Å²) in [5.74, 6) is 2.00. The maximum Gasteiger partial charge on any atom is 0.164 e. The molecule has 1 aliphatic carbocycles. The lowest BCUT2D eigenvalue weighted by Crippen LogP contribution is -2.26. The Kier molecular flexibility index (Phi) is 5.81. The molecule has 0 N–H and O–H groups in total. The highest BCUT2D eigenvalue weighted by atomic mass is 79.9. The summed E-state index contributed by atoms with van der Waals surface area (Å²) in [7, 11) is 0. The van der Waals surface area contributed by atoms with Gasteiger partial charge >= 0.3 is 0 Å². The molecule has 0 atom stereocenters. The van der Waals surface area contributed by atoms with Gasteiger partial charge in [-0.05, 0) is 46.5 Å². The van der Waals surface area contributed by atoms with Crippen molar-refractivity contribution in [1.29, 1.82) is 0 Å². The predicted octanol–water partition coefficient (Wildman–Crippen LogP) is 6.66. The van der Waals surface area contributed by atoms with Crippen LogP contribution in [0.5, 0.6) is 0 Å². The third kappa shape index (κ3) is 4.45. The number of benzene rings is 4. The van der Waals surface area contributed by atoms with E-state index in [9.17, 15) is 0 Å². The summed E-state index contributed by atoms with van der Waals surface area (Å²) >= 11 is 3.78. The summed E-state index contributed by atoms with van der Waals surface area (Å²) in [6.45, 7) is 0. The molecule has 35 heavy (non-hydrogen) atoms. The zero-order valence-electron chi connectivity index (χ0n) is 19.0. The molecule has 168 valence electrons. The minimum Gasteiger partial charge on any atom is -0.208 e. The van der Waals surface area contributed by atoms with Gasteiger partial charge in [-0.2, -0.15) is 0 Å². The van der Waals surface area contributed by atoms with Crippen LogP contribution in [0.1, 0.15) is 12.8 Å². The Morgan fingerprint density at radius 1 is 0.486 bits per heavy atom. The Hall–Kier alpha value is -3.89. The third-order valence-electron chi connectivity index (χ3n) is 6.22. The van der Waals surface area contributed by atoms with E-state index in [1.807, 2.05) is 60.7 Å². The fraction of sp³-hybridized carbons (Fsp3) is 0.0645. The van der Waals surface area contributed by atoms with Gasteiger partial charge in [-0.3, -0.25) is 0 Å². The van der Waals surface area contributed by atoms with Gasteiger partial charge in [-0.1, -0.05) is 113 Å². The van der Waals surface area contributed by atoms with Crippen molar-refractivity contribution in [3.8, 4) is 45.3 Å². The molecule has 4 heteroatoms. The van der Waals surface area contributed by atoms with Crippen molar-refractivity contribution in [3.63, 3.8) is 0 Å². The summed E-state index contributed by atoms with van der Waals surface area (Å²) in [4.78, 5) is 14.5. The number of nitrogens with zero attached hydrogens (tertiary/aromatic N) is 3. The second kappa shape index (κ2) is 9.40. The highest BCUT2D eigenvalue weighted by Crippen LogP contribution is 2.29. The van der Waals surface area contributed by atoms with Crippen molar-refractivity contribution < 1.29 is 0 Å². The van der Waals surface area contributed by atoms with Gasteiger partial charge in [0.15, 0.2) is 17.5 Å². The van der Waals surface area contributed by atoms with E-state index in [0.29, 0.717) is 17.5 Å². The summed E-state index contributed by atoms with van der Waals surface area (Å²) < 4.78 is 1.11. The number of hydrogen-bond acceptors (Lipinski definition) is 3. The topological polar surface area (TPSA) is 38.7 Å². The number of rotatable bonds is 4. The maximum absolute atomic E-state index is 4.84. The fourth-order valence-corrected chi connectivity index (χ4v) is 4.98. The van der Waals surface area contributed by atoms with Crippen LogP contribution in [0.2, 0.25) is 0 Å². The quantitative estimate of drug-likeness (QED) is 0.268. The first-order valence-corrected chi connectivity index (χ1v) is 12.5. The molecule has 0 bridgehead atoms. The average molecular weight is 516 g/mol. The zero-order chi connectivity index (χ0) is 23.6. The Morgan fingerprint density at radius 3 is 1.43 bits per heavy atom. The van der Waals surface area contributed by atoms with Crippen molar-refractivity contribution >= 4 is 28.1 Å². The molecule has 1 heterocycles. The van der Waals surface area contributed by atoms with Gasteiger partial charge in [-0.25, -0.2) is 15.0 Å². The molecule has 1 aromatic heterocycles. The zero-order valence-corrected chi connectivity index (χ0v) is 20.6. The summed E-state index contributed by atoms with van der Waals surface area (Å²) in [6, 6.07) is 33.1. The standard InChI is InChI=1S/C31H22BrN3/c32-28-20-26-14-8-7-13-25(26)19-27(28)21-15-17-24(18-16-21)31-34-29(22-9-3-1-4-10-22)33-30(35-31)23-11-5-2-6-12-23/h1-6,9-20H,7-8H2. The lowest BCUT2D eigenvalue weighted by atomic mass is 9.99. The van der Waals surface area contributed by atoms with Gasteiger partial charge < -0.3 is 0 Å². The normalized spacial score (nSPS) is 12.4. The Bertz CT molecular complexity index is 1570. The number of aromatic nitrogens is 3. The van der Waals surface area contributed by atoms with Crippen molar-refractivity contribution in [2.24, 2.45) is 0 Å². The molecule has 0 saturated carbocycles. The van der Waals surface area contributed by atoms with Gasteiger partial charge in [0.1, 0.15) is 0 Å². The molecule has 6 rings (SSSR count). The summed E-state index contributed by atoms with van der Waals surface area (Å²) in [5, 5.41) is 2.60. The van der Waals surface area contributed by atoms with Crippen LogP contribution in [0.3, 0.4) is 0 Å². The van der Waals surface area contributed by atoms with E-state index in [1.165, 1.54) is 16.0 Å². The largest absolute Gasteiger partial charge is 0.208 e. The van der Waals surface area contributed by atoms with Gasteiger partial charge in [0, 0.05) is 21.2 Å². The SMILES string of the molecule is Brc1cc2c(cc1-c1ccc(-c3nc(-c4ccccc4)nc(-c4ccccc4)n3)cc1)=CCCC=2. The molecule has 4 aromatic carbocycles. The Morgan fingerprint density at radius 2 is 0.914 bits per heavy atom. The molecule has 0 radical (unpaired) electrons. The molecule has 0 amide bonds. The monoisotopic (exact) mass is 515 g/mol.